The van der Waals surface area contributed by atoms with Gasteiger partial charge in [0, 0.05) is 34.6 Å². The van der Waals surface area contributed by atoms with E-state index >= 15 is 0 Å². The number of anilines is 1. The lowest BCUT2D eigenvalue weighted by Gasteiger charge is -2.34. The van der Waals surface area contributed by atoms with Gasteiger partial charge >= 0.3 is 0 Å². The zero-order valence-corrected chi connectivity index (χ0v) is 25.6. The summed E-state index contributed by atoms with van der Waals surface area (Å²) in [5.41, 5.74) is 1.59. The third kappa shape index (κ3) is 9.13. The zero-order valence-electron chi connectivity index (χ0n) is 22.5. The molecule has 214 valence electrons. The van der Waals surface area contributed by atoms with Gasteiger partial charge < -0.3 is 10.2 Å². The minimum absolute atomic E-state index is 0.0149. The summed E-state index contributed by atoms with van der Waals surface area (Å²) in [7, 11) is -3.95. The number of sulfonamides is 1. The van der Waals surface area contributed by atoms with Crippen LogP contribution in [-0.2, 0) is 32.6 Å². The lowest BCUT2D eigenvalue weighted by Crippen LogP contribution is -2.53. The van der Waals surface area contributed by atoms with E-state index in [1.165, 1.54) is 23.1 Å². The van der Waals surface area contributed by atoms with Crippen molar-refractivity contribution >= 4 is 62.3 Å². The van der Waals surface area contributed by atoms with E-state index in [2.05, 4.69) is 5.32 Å². The Morgan fingerprint density at radius 2 is 1.50 bits per heavy atom. The fraction of sp³-hybridized carbons (Fsp3) is 0.310. The van der Waals surface area contributed by atoms with E-state index in [1.54, 1.807) is 24.3 Å². The summed E-state index contributed by atoms with van der Waals surface area (Å²) in [5, 5.41) is 3.78. The number of nitrogens with one attached hydrogen (secondary N) is 1. The Morgan fingerprint density at radius 1 is 0.900 bits per heavy atom. The van der Waals surface area contributed by atoms with Crippen LogP contribution in [0.1, 0.15) is 25.0 Å². The highest BCUT2D eigenvalue weighted by atomic mass is 35.5. The van der Waals surface area contributed by atoms with Crippen LogP contribution >= 0.6 is 34.8 Å². The van der Waals surface area contributed by atoms with Crippen molar-refractivity contribution in [3.8, 4) is 0 Å². The van der Waals surface area contributed by atoms with Gasteiger partial charge in [0.05, 0.1) is 11.9 Å². The van der Waals surface area contributed by atoms with Crippen LogP contribution in [0.25, 0.3) is 0 Å². The van der Waals surface area contributed by atoms with Crippen LogP contribution < -0.4 is 9.62 Å². The Morgan fingerprint density at radius 3 is 2.08 bits per heavy atom. The molecule has 0 unspecified atom stereocenters. The van der Waals surface area contributed by atoms with Gasteiger partial charge in [-0.2, -0.15) is 0 Å². The standard InChI is InChI=1S/C29H32Cl3N3O4S/c1-20(2)17-33-29(37)27(13-21-9-5-4-6-10-21)34(18-22-11-7-8-12-26(22)32)28(36)19-35(40(3,38)39)25-15-23(30)14-24(31)16-25/h4-12,14-16,20,27H,13,17-19H2,1-3H3,(H,33,37)/t27-/m1/s1. The average molecular weight is 625 g/mol. The van der Waals surface area contributed by atoms with Crippen molar-refractivity contribution in [1.29, 1.82) is 0 Å². The van der Waals surface area contributed by atoms with Gasteiger partial charge in [-0.3, -0.25) is 13.9 Å². The quantitative estimate of drug-likeness (QED) is 0.275. The minimum Gasteiger partial charge on any atom is -0.354 e. The second kappa shape index (κ2) is 14.2. The summed E-state index contributed by atoms with van der Waals surface area (Å²) >= 11 is 18.7. The van der Waals surface area contributed by atoms with Crippen molar-refractivity contribution < 1.29 is 18.0 Å². The predicted molar refractivity (Wildman–Crippen MR) is 162 cm³/mol. The van der Waals surface area contributed by atoms with E-state index in [9.17, 15) is 18.0 Å². The molecule has 3 aromatic rings. The molecule has 0 saturated carbocycles. The van der Waals surface area contributed by atoms with E-state index < -0.39 is 28.5 Å². The normalized spacial score (nSPS) is 12.2. The van der Waals surface area contributed by atoms with Crippen LogP contribution in [0.15, 0.2) is 72.8 Å². The highest BCUT2D eigenvalue weighted by Crippen LogP contribution is 2.28. The summed E-state index contributed by atoms with van der Waals surface area (Å²) in [6.07, 6.45) is 1.20. The molecule has 2 amide bonds. The molecule has 0 fully saturated rings. The van der Waals surface area contributed by atoms with E-state index in [0.29, 0.717) is 17.1 Å². The smallest absolute Gasteiger partial charge is 0.244 e. The maximum Gasteiger partial charge on any atom is 0.244 e. The molecular formula is C29H32Cl3N3O4S. The molecule has 0 aliphatic carbocycles. The van der Waals surface area contributed by atoms with Crippen molar-refractivity contribution in [3.05, 3.63) is 99.0 Å². The van der Waals surface area contributed by atoms with Gasteiger partial charge in [-0.25, -0.2) is 8.42 Å². The summed E-state index contributed by atoms with van der Waals surface area (Å²) in [6.45, 7) is 3.76. The Balaban J connectivity index is 2.07. The van der Waals surface area contributed by atoms with E-state index in [1.807, 2.05) is 44.2 Å². The van der Waals surface area contributed by atoms with E-state index in [4.69, 9.17) is 34.8 Å². The van der Waals surface area contributed by atoms with Crippen LogP contribution in [0.2, 0.25) is 15.1 Å². The molecule has 0 aliphatic heterocycles. The largest absolute Gasteiger partial charge is 0.354 e. The SMILES string of the molecule is CC(C)CNC(=O)[C@@H](Cc1ccccc1)N(Cc1ccccc1Cl)C(=O)CN(c1cc(Cl)cc(Cl)c1)S(C)(=O)=O. The molecule has 7 nitrogen and oxygen atoms in total. The third-order valence-corrected chi connectivity index (χ3v) is 8.01. The Kier molecular flexibility index (Phi) is 11.3. The number of benzene rings is 3. The van der Waals surface area contributed by atoms with Crippen molar-refractivity contribution in [1.82, 2.24) is 10.2 Å². The molecule has 1 N–H and O–H groups in total. The lowest BCUT2D eigenvalue weighted by atomic mass is 10.0. The van der Waals surface area contributed by atoms with E-state index in [0.717, 1.165) is 16.1 Å². The van der Waals surface area contributed by atoms with Crippen molar-refractivity contribution in [2.45, 2.75) is 32.9 Å². The maximum absolute atomic E-state index is 14.1. The second-order valence-corrected chi connectivity index (χ2v) is 13.0. The molecule has 0 heterocycles. The van der Waals surface area contributed by atoms with Crippen LogP contribution in [-0.4, -0.2) is 50.5 Å². The summed E-state index contributed by atoms with van der Waals surface area (Å²) in [4.78, 5) is 29.1. The molecule has 0 bridgehead atoms. The number of nitrogens with zero attached hydrogens (tertiary/aromatic N) is 2. The first-order valence-corrected chi connectivity index (χ1v) is 15.6. The fourth-order valence-corrected chi connectivity index (χ4v) is 5.63. The van der Waals surface area contributed by atoms with Gasteiger partial charge in [0.15, 0.2) is 0 Å². The number of halogens is 3. The highest BCUT2D eigenvalue weighted by molar-refractivity contribution is 7.92. The first-order chi connectivity index (χ1) is 18.8. The topological polar surface area (TPSA) is 86.8 Å². The average Bonchev–Trinajstić information content (AvgIpc) is 2.88. The fourth-order valence-electron chi connectivity index (χ4n) is 4.08. The van der Waals surface area contributed by atoms with Gasteiger partial charge in [-0.15, -0.1) is 0 Å². The molecule has 0 saturated heterocycles. The van der Waals surface area contributed by atoms with Gasteiger partial charge in [0.1, 0.15) is 12.6 Å². The number of carbonyl (C=O) groups excluding carboxylic acids is 2. The number of carbonyl (C=O) groups is 2. The maximum atomic E-state index is 14.1. The Bertz CT molecular complexity index is 1420. The van der Waals surface area contributed by atoms with Crippen molar-refractivity contribution in [2.24, 2.45) is 5.92 Å². The molecule has 0 spiro atoms. The molecular weight excluding hydrogens is 593 g/mol. The zero-order chi connectivity index (χ0) is 29.4. The molecule has 3 rings (SSSR count). The molecule has 3 aromatic carbocycles. The predicted octanol–water partition coefficient (Wildman–Crippen LogP) is 5.83. The van der Waals surface area contributed by atoms with Gasteiger partial charge in [-0.1, -0.05) is 97.2 Å². The summed E-state index contributed by atoms with van der Waals surface area (Å²) < 4.78 is 26.7. The number of hydrogen-bond donors (Lipinski definition) is 1. The van der Waals surface area contributed by atoms with Crippen molar-refractivity contribution in [3.63, 3.8) is 0 Å². The monoisotopic (exact) mass is 623 g/mol. The molecule has 11 heteroatoms. The molecule has 0 radical (unpaired) electrons. The van der Waals surface area contributed by atoms with E-state index in [-0.39, 0.29) is 40.5 Å². The molecule has 0 aromatic heterocycles. The summed E-state index contributed by atoms with van der Waals surface area (Å²) in [6, 6.07) is 19.7. The first-order valence-electron chi connectivity index (χ1n) is 12.6. The third-order valence-electron chi connectivity index (χ3n) is 6.07. The molecule has 0 aliphatic rings. The lowest BCUT2D eigenvalue weighted by molar-refractivity contribution is -0.140. The Hall–Kier alpha value is -2.78. The highest BCUT2D eigenvalue weighted by Gasteiger charge is 2.33. The van der Waals surface area contributed by atoms with Crippen LogP contribution in [0.4, 0.5) is 5.69 Å². The number of rotatable bonds is 12. The second-order valence-electron chi connectivity index (χ2n) is 9.85. The van der Waals surface area contributed by atoms with Gasteiger partial charge in [0.25, 0.3) is 0 Å². The van der Waals surface area contributed by atoms with Crippen LogP contribution in [0.3, 0.4) is 0 Å². The Labute approximate surface area is 251 Å². The first kappa shape index (κ1) is 31.7. The molecule has 1 atom stereocenters. The van der Waals surface area contributed by atoms with Crippen molar-refractivity contribution in [2.75, 3.05) is 23.7 Å². The number of amides is 2. The minimum atomic E-state index is -3.95. The van der Waals surface area contributed by atoms with Gasteiger partial charge in [0.2, 0.25) is 21.8 Å². The van der Waals surface area contributed by atoms with Crippen LogP contribution in [0.5, 0.6) is 0 Å². The van der Waals surface area contributed by atoms with Gasteiger partial charge in [-0.05, 0) is 41.3 Å². The molecule has 40 heavy (non-hydrogen) atoms. The van der Waals surface area contributed by atoms with Crippen LogP contribution in [0, 0.1) is 5.92 Å². The number of hydrogen-bond acceptors (Lipinski definition) is 4. The summed E-state index contributed by atoms with van der Waals surface area (Å²) in [5.74, 6) is -0.765.